The van der Waals surface area contributed by atoms with Gasteiger partial charge >= 0.3 is 0 Å². The Morgan fingerprint density at radius 2 is 1.12 bits per heavy atom. The molecule has 0 aromatic carbocycles. The fourth-order valence-corrected chi connectivity index (χ4v) is 3.93. The first-order chi connectivity index (χ1) is 12.6. The van der Waals surface area contributed by atoms with Gasteiger partial charge in [0.15, 0.2) is 0 Å². The van der Waals surface area contributed by atoms with E-state index >= 15 is 0 Å². The van der Waals surface area contributed by atoms with Crippen molar-refractivity contribution in [2.24, 2.45) is 11.8 Å². The molecule has 1 heteroatoms. The van der Waals surface area contributed by atoms with Gasteiger partial charge in [-0.25, -0.2) is 0 Å². The zero-order valence-corrected chi connectivity index (χ0v) is 19.3. The maximum atomic E-state index is 2.83. The molecule has 1 nitrogen and oxygen atoms in total. The molecule has 0 bridgehead atoms. The third kappa shape index (κ3) is 17.4. The Morgan fingerprint density at radius 1 is 0.577 bits per heavy atom. The van der Waals surface area contributed by atoms with Gasteiger partial charge in [0.2, 0.25) is 0 Å². The van der Waals surface area contributed by atoms with Crippen molar-refractivity contribution in [3.8, 4) is 0 Å². The van der Waals surface area contributed by atoms with Crippen LogP contribution in [0.25, 0.3) is 0 Å². The number of rotatable bonds is 20. The van der Waals surface area contributed by atoms with Crippen molar-refractivity contribution in [1.82, 2.24) is 4.90 Å². The van der Waals surface area contributed by atoms with Crippen LogP contribution in [-0.2, 0) is 0 Å². The monoisotopic (exact) mass is 367 g/mol. The van der Waals surface area contributed by atoms with Gasteiger partial charge in [-0.3, -0.25) is 0 Å². The van der Waals surface area contributed by atoms with Crippen molar-refractivity contribution in [3.63, 3.8) is 0 Å². The molecule has 0 saturated heterocycles. The normalized spacial score (nSPS) is 13.0. The highest BCUT2D eigenvalue weighted by molar-refractivity contribution is 4.66. The molecule has 158 valence electrons. The van der Waals surface area contributed by atoms with E-state index in [-0.39, 0.29) is 0 Å². The minimum Gasteiger partial charge on any atom is -0.303 e. The molecule has 0 fully saturated rings. The molecule has 1 atom stereocenters. The molecule has 0 heterocycles. The standard InChI is InChI=1S/C25H53N/c1-6-9-11-12-14-17-21-26(23-25(8-3)20-10-7-2)22-18-15-13-16-19-24(4)5/h24-25H,6-23H2,1-5H3. The predicted octanol–water partition coefficient (Wildman–Crippen LogP) is 8.47. The van der Waals surface area contributed by atoms with E-state index in [1.54, 1.807) is 0 Å². The molecule has 0 N–H and O–H groups in total. The summed E-state index contributed by atoms with van der Waals surface area (Å²) < 4.78 is 0. The van der Waals surface area contributed by atoms with Crippen LogP contribution in [0.5, 0.6) is 0 Å². The first-order valence-corrected chi connectivity index (χ1v) is 12.4. The van der Waals surface area contributed by atoms with Crippen LogP contribution in [0.1, 0.15) is 131 Å². The highest BCUT2D eigenvalue weighted by Crippen LogP contribution is 2.17. The summed E-state index contributed by atoms with van der Waals surface area (Å²) in [5.41, 5.74) is 0. The number of unbranched alkanes of at least 4 members (excludes halogenated alkanes) is 9. The SMILES string of the molecule is CCCCCCCCN(CCCCCCC(C)C)CC(CC)CCCC. The third-order valence-electron chi connectivity index (χ3n) is 5.89. The van der Waals surface area contributed by atoms with Crippen LogP contribution >= 0.6 is 0 Å². The second-order valence-corrected chi connectivity index (χ2v) is 9.08. The van der Waals surface area contributed by atoms with Crippen molar-refractivity contribution in [1.29, 1.82) is 0 Å². The van der Waals surface area contributed by atoms with Crippen LogP contribution in [0.2, 0.25) is 0 Å². The summed E-state index contributed by atoms with van der Waals surface area (Å²) in [5, 5.41) is 0. The molecule has 0 aliphatic carbocycles. The fraction of sp³-hybridized carbons (Fsp3) is 1.00. The van der Waals surface area contributed by atoms with Gasteiger partial charge < -0.3 is 4.90 Å². The molecular weight excluding hydrogens is 314 g/mol. The first-order valence-electron chi connectivity index (χ1n) is 12.4. The van der Waals surface area contributed by atoms with Crippen LogP contribution < -0.4 is 0 Å². The van der Waals surface area contributed by atoms with Gasteiger partial charge in [0.25, 0.3) is 0 Å². The molecule has 0 radical (unpaired) electrons. The molecule has 0 amide bonds. The van der Waals surface area contributed by atoms with E-state index in [4.69, 9.17) is 0 Å². The van der Waals surface area contributed by atoms with Crippen LogP contribution in [0.4, 0.5) is 0 Å². The van der Waals surface area contributed by atoms with Gasteiger partial charge in [-0.15, -0.1) is 0 Å². The summed E-state index contributed by atoms with van der Waals surface area (Å²) in [7, 11) is 0. The maximum Gasteiger partial charge on any atom is 0.000955 e. The first kappa shape index (κ1) is 26.0. The molecule has 0 saturated carbocycles. The lowest BCUT2D eigenvalue weighted by Gasteiger charge is -2.27. The number of hydrogen-bond donors (Lipinski definition) is 0. The molecule has 0 aromatic heterocycles. The van der Waals surface area contributed by atoms with Gasteiger partial charge in [0.1, 0.15) is 0 Å². The lowest BCUT2D eigenvalue weighted by atomic mass is 9.98. The summed E-state index contributed by atoms with van der Waals surface area (Å²) >= 11 is 0. The predicted molar refractivity (Wildman–Crippen MR) is 121 cm³/mol. The van der Waals surface area contributed by atoms with Crippen LogP contribution in [-0.4, -0.2) is 24.5 Å². The van der Waals surface area contributed by atoms with E-state index in [1.807, 2.05) is 0 Å². The van der Waals surface area contributed by atoms with Gasteiger partial charge in [-0.05, 0) is 44.2 Å². The van der Waals surface area contributed by atoms with E-state index in [2.05, 4.69) is 39.5 Å². The summed E-state index contributed by atoms with van der Waals surface area (Å²) in [5.74, 6) is 1.80. The van der Waals surface area contributed by atoms with Crippen LogP contribution in [0, 0.1) is 11.8 Å². The highest BCUT2D eigenvalue weighted by Gasteiger charge is 2.12. The second-order valence-electron chi connectivity index (χ2n) is 9.08. The van der Waals surface area contributed by atoms with Gasteiger partial charge in [0, 0.05) is 6.54 Å². The zero-order chi connectivity index (χ0) is 19.5. The van der Waals surface area contributed by atoms with Crippen molar-refractivity contribution in [2.75, 3.05) is 19.6 Å². The Bertz CT molecular complexity index is 261. The van der Waals surface area contributed by atoms with Crippen molar-refractivity contribution >= 4 is 0 Å². The lowest BCUT2D eigenvalue weighted by molar-refractivity contribution is 0.210. The highest BCUT2D eigenvalue weighted by atomic mass is 15.1. The molecular formula is C25H53N. The van der Waals surface area contributed by atoms with Crippen LogP contribution in [0.3, 0.4) is 0 Å². The van der Waals surface area contributed by atoms with E-state index in [1.165, 1.54) is 116 Å². The fourth-order valence-electron chi connectivity index (χ4n) is 3.93. The molecule has 26 heavy (non-hydrogen) atoms. The Kier molecular flexibility index (Phi) is 19.7. The van der Waals surface area contributed by atoms with E-state index in [0.717, 1.165) is 11.8 Å². The van der Waals surface area contributed by atoms with Gasteiger partial charge in [-0.2, -0.15) is 0 Å². The zero-order valence-electron chi connectivity index (χ0n) is 19.3. The molecule has 0 aliphatic heterocycles. The van der Waals surface area contributed by atoms with E-state index in [0.29, 0.717) is 0 Å². The number of hydrogen-bond acceptors (Lipinski definition) is 1. The Labute approximate surface area is 167 Å². The molecule has 0 aromatic rings. The molecule has 0 rings (SSSR count). The quantitative estimate of drug-likeness (QED) is 0.195. The summed E-state index contributed by atoms with van der Waals surface area (Å²) in [6.45, 7) is 15.8. The minimum atomic E-state index is 0.878. The van der Waals surface area contributed by atoms with E-state index in [9.17, 15) is 0 Å². The van der Waals surface area contributed by atoms with Crippen molar-refractivity contribution in [3.05, 3.63) is 0 Å². The molecule has 0 spiro atoms. The third-order valence-corrected chi connectivity index (χ3v) is 5.89. The summed E-state index contributed by atoms with van der Waals surface area (Å²) in [6.07, 6.45) is 21.2. The summed E-state index contributed by atoms with van der Waals surface area (Å²) in [6, 6.07) is 0. The van der Waals surface area contributed by atoms with Gasteiger partial charge in [-0.1, -0.05) is 112 Å². The smallest absolute Gasteiger partial charge is 0.000955 e. The summed E-state index contributed by atoms with van der Waals surface area (Å²) in [4.78, 5) is 2.83. The van der Waals surface area contributed by atoms with Crippen molar-refractivity contribution < 1.29 is 0 Å². The second kappa shape index (κ2) is 19.7. The van der Waals surface area contributed by atoms with Crippen LogP contribution in [0.15, 0.2) is 0 Å². The van der Waals surface area contributed by atoms with Crippen molar-refractivity contribution in [2.45, 2.75) is 131 Å². The minimum absolute atomic E-state index is 0.878. The van der Waals surface area contributed by atoms with E-state index < -0.39 is 0 Å². The molecule has 0 aliphatic rings. The average molecular weight is 368 g/mol. The Balaban J connectivity index is 4.08. The Morgan fingerprint density at radius 3 is 1.65 bits per heavy atom. The number of nitrogens with zero attached hydrogens (tertiary/aromatic N) is 1. The molecule has 1 unspecified atom stereocenters. The largest absolute Gasteiger partial charge is 0.303 e. The lowest BCUT2D eigenvalue weighted by Crippen LogP contribution is -2.31. The average Bonchev–Trinajstić information content (AvgIpc) is 2.63. The Hall–Kier alpha value is -0.0400. The van der Waals surface area contributed by atoms with Gasteiger partial charge in [0.05, 0.1) is 0 Å². The maximum absolute atomic E-state index is 2.83. The topological polar surface area (TPSA) is 3.24 Å².